The molecule has 31 heavy (non-hydrogen) atoms. The number of carbonyl (C=O) groups is 2. The van der Waals surface area contributed by atoms with E-state index in [1.807, 2.05) is 30.3 Å². The van der Waals surface area contributed by atoms with Crippen molar-refractivity contribution in [3.05, 3.63) is 46.4 Å². The smallest absolute Gasteiger partial charge is 0.295 e. The van der Waals surface area contributed by atoms with E-state index in [4.69, 9.17) is 0 Å². The van der Waals surface area contributed by atoms with Crippen molar-refractivity contribution >= 4 is 29.3 Å². The van der Waals surface area contributed by atoms with Crippen LogP contribution < -0.4 is 16.2 Å². The molecule has 7 nitrogen and oxygen atoms in total. The maximum atomic E-state index is 12.9. The molecule has 0 unspecified atom stereocenters. The summed E-state index contributed by atoms with van der Waals surface area (Å²) in [5.41, 5.74) is 1.41. The molecule has 1 saturated carbocycles. The van der Waals surface area contributed by atoms with Crippen LogP contribution in [0.3, 0.4) is 0 Å². The van der Waals surface area contributed by atoms with Gasteiger partial charge in [-0.2, -0.15) is 0 Å². The number of aromatic nitrogens is 2. The predicted octanol–water partition coefficient (Wildman–Crippen LogP) is 3.39. The highest BCUT2D eigenvalue weighted by Gasteiger charge is 2.19. The topological polar surface area (TPSA) is 85.1 Å². The monoisotopic (exact) mass is 444 g/mol. The van der Waals surface area contributed by atoms with Crippen LogP contribution in [0.15, 0.2) is 35.1 Å². The number of rotatable bonds is 7. The van der Waals surface area contributed by atoms with E-state index in [9.17, 15) is 14.4 Å². The van der Waals surface area contributed by atoms with Gasteiger partial charge in [0.1, 0.15) is 5.69 Å². The third-order valence-electron chi connectivity index (χ3n) is 5.76. The minimum Gasteiger partial charge on any atom is -0.353 e. The molecule has 1 heterocycles. The van der Waals surface area contributed by atoms with E-state index in [-0.39, 0.29) is 40.6 Å². The van der Waals surface area contributed by atoms with Crippen molar-refractivity contribution in [1.29, 1.82) is 0 Å². The maximum Gasteiger partial charge on any atom is 0.295 e. The molecule has 0 atom stereocenters. The van der Waals surface area contributed by atoms with Crippen molar-refractivity contribution in [1.82, 2.24) is 14.7 Å². The van der Waals surface area contributed by atoms with Gasteiger partial charge in [0.2, 0.25) is 11.8 Å². The Morgan fingerprint density at radius 1 is 1.00 bits per heavy atom. The third-order valence-corrected chi connectivity index (χ3v) is 6.69. The molecule has 2 aromatic rings. The minimum atomic E-state index is -0.283. The number of hydrogen-bond acceptors (Lipinski definition) is 4. The lowest BCUT2D eigenvalue weighted by atomic mass is 9.97. The molecule has 2 amide bonds. The summed E-state index contributed by atoms with van der Waals surface area (Å²) in [5, 5.41) is 5.84. The van der Waals surface area contributed by atoms with Gasteiger partial charge in [-0.3, -0.25) is 19.1 Å². The second-order valence-electron chi connectivity index (χ2n) is 8.09. The Balaban J connectivity index is 1.51. The fourth-order valence-electron chi connectivity index (χ4n) is 3.99. The van der Waals surface area contributed by atoms with E-state index in [0.29, 0.717) is 5.69 Å². The van der Waals surface area contributed by atoms with Crippen molar-refractivity contribution in [3.63, 3.8) is 0 Å². The average molecular weight is 445 g/mol. The maximum absolute atomic E-state index is 12.9. The Labute approximate surface area is 187 Å². The van der Waals surface area contributed by atoms with Gasteiger partial charge in [0, 0.05) is 13.1 Å². The number of nitrogens with zero attached hydrogens (tertiary/aromatic N) is 2. The zero-order valence-electron chi connectivity index (χ0n) is 18.4. The van der Waals surface area contributed by atoms with Gasteiger partial charge in [-0.15, -0.1) is 11.8 Å². The highest BCUT2D eigenvalue weighted by molar-refractivity contribution is 8.00. The highest BCUT2D eigenvalue weighted by Crippen LogP contribution is 2.17. The van der Waals surface area contributed by atoms with Crippen molar-refractivity contribution in [3.8, 4) is 5.69 Å². The molecule has 0 bridgehead atoms. The van der Waals surface area contributed by atoms with Gasteiger partial charge in [0.15, 0.2) is 0 Å². The van der Waals surface area contributed by atoms with Gasteiger partial charge >= 0.3 is 0 Å². The fourth-order valence-corrected chi connectivity index (χ4v) is 4.62. The van der Waals surface area contributed by atoms with Crippen LogP contribution in [-0.4, -0.2) is 38.7 Å². The molecule has 1 aliphatic carbocycles. The molecule has 1 aromatic heterocycles. The first kappa shape index (κ1) is 23.2. The van der Waals surface area contributed by atoms with E-state index in [1.54, 1.807) is 18.7 Å². The minimum absolute atomic E-state index is 0.0225. The van der Waals surface area contributed by atoms with E-state index < -0.39 is 0 Å². The molecule has 0 radical (unpaired) electrons. The molecule has 1 aliphatic rings. The summed E-state index contributed by atoms with van der Waals surface area (Å²) in [6.45, 7) is 1.80. The number of thioether (sulfide) groups is 1. The lowest BCUT2D eigenvalue weighted by Crippen LogP contribution is -2.36. The molecule has 0 saturated heterocycles. The number of para-hydroxylation sites is 1. The molecule has 3 rings (SSSR count). The summed E-state index contributed by atoms with van der Waals surface area (Å²) in [5.74, 6) is 0.0591. The van der Waals surface area contributed by atoms with E-state index in [1.165, 1.54) is 35.7 Å². The third kappa shape index (κ3) is 6.26. The van der Waals surface area contributed by atoms with Crippen LogP contribution in [0.4, 0.5) is 5.69 Å². The van der Waals surface area contributed by atoms with E-state index in [0.717, 1.165) is 31.4 Å². The molecule has 0 spiro atoms. The van der Waals surface area contributed by atoms with Gasteiger partial charge in [-0.05, 0) is 31.9 Å². The largest absolute Gasteiger partial charge is 0.353 e. The normalized spacial score (nSPS) is 15.2. The van der Waals surface area contributed by atoms with Gasteiger partial charge in [0.05, 0.1) is 22.9 Å². The van der Waals surface area contributed by atoms with E-state index >= 15 is 0 Å². The Bertz CT molecular complexity index is 944. The number of anilines is 1. The molecule has 2 N–H and O–H groups in total. The molecule has 8 heteroatoms. The Morgan fingerprint density at radius 3 is 2.29 bits per heavy atom. The standard InChI is InChI=1S/C23H32N4O3S/c1-17-22(23(30)27(26(17)2)19-13-9-6-10-14-19)25-21(29)16-31-15-20(28)24-18-11-7-4-3-5-8-12-18/h6,9-10,13-14,18H,3-5,7-8,11-12,15-16H2,1-2H3,(H,24,28)(H,25,29). The quantitative estimate of drug-likeness (QED) is 0.686. The summed E-state index contributed by atoms with van der Waals surface area (Å²) >= 11 is 1.27. The van der Waals surface area contributed by atoms with Gasteiger partial charge in [-0.1, -0.05) is 50.3 Å². The number of benzene rings is 1. The Hall–Kier alpha value is -2.48. The van der Waals surface area contributed by atoms with Crippen LogP contribution in [0.2, 0.25) is 0 Å². The number of amides is 2. The Kier molecular flexibility index (Phi) is 8.40. The van der Waals surface area contributed by atoms with Crippen LogP contribution in [-0.2, 0) is 16.6 Å². The second-order valence-corrected chi connectivity index (χ2v) is 9.07. The predicted molar refractivity (Wildman–Crippen MR) is 126 cm³/mol. The van der Waals surface area contributed by atoms with Crippen molar-refractivity contribution in [2.75, 3.05) is 16.8 Å². The first-order valence-corrected chi connectivity index (χ1v) is 12.1. The van der Waals surface area contributed by atoms with Gasteiger partial charge in [0.25, 0.3) is 5.56 Å². The summed E-state index contributed by atoms with van der Waals surface area (Å²) < 4.78 is 3.25. The zero-order chi connectivity index (χ0) is 22.2. The number of carbonyl (C=O) groups excluding carboxylic acids is 2. The molecular weight excluding hydrogens is 412 g/mol. The number of nitrogens with one attached hydrogen (secondary N) is 2. The van der Waals surface area contributed by atoms with Crippen molar-refractivity contribution in [2.24, 2.45) is 7.05 Å². The van der Waals surface area contributed by atoms with Crippen LogP contribution in [0, 0.1) is 6.92 Å². The summed E-state index contributed by atoms with van der Waals surface area (Å²) in [6.07, 6.45) is 8.19. The van der Waals surface area contributed by atoms with Crippen LogP contribution in [0.25, 0.3) is 5.69 Å². The number of hydrogen-bond donors (Lipinski definition) is 2. The van der Waals surface area contributed by atoms with Crippen LogP contribution in [0.1, 0.15) is 50.6 Å². The van der Waals surface area contributed by atoms with Crippen LogP contribution >= 0.6 is 11.8 Å². The lowest BCUT2D eigenvalue weighted by Gasteiger charge is -2.20. The first-order valence-electron chi connectivity index (χ1n) is 11.0. The lowest BCUT2D eigenvalue weighted by molar-refractivity contribution is -0.119. The van der Waals surface area contributed by atoms with Crippen LogP contribution in [0.5, 0.6) is 0 Å². The fraction of sp³-hybridized carbons (Fsp3) is 0.522. The molecule has 1 aromatic carbocycles. The van der Waals surface area contributed by atoms with Gasteiger partial charge < -0.3 is 10.6 Å². The van der Waals surface area contributed by atoms with E-state index in [2.05, 4.69) is 10.6 Å². The molecule has 0 aliphatic heterocycles. The van der Waals surface area contributed by atoms with Crippen molar-refractivity contribution < 1.29 is 9.59 Å². The SMILES string of the molecule is Cc1c(NC(=O)CSCC(=O)NC2CCCCCCC2)c(=O)n(-c2ccccc2)n1C. The zero-order valence-corrected chi connectivity index (χ0v) is 19.2. The van der Waals surface area contributed by atoms with Crippen molar-refractivity contribution in [2.45, 2.75) is 57.9 Å². The first-order chi connectivity index (χ1) is 15.0. The molecular formula is C23H32N4O3S. The summed E-state index contributed by atoms with van der Waals surface area (Å²) in [7, 11) is 1.79. The average Bonchev–Trinajstić information content (AvgIpc) is 2.94. The second kappa shape index (κ2) is 11.2. The summed E-state index contributed by atoms with van der Waals surface area (Å²) in [6, 6.07) is 9.55. The highest BCUT2D eigenvalue weighted by atomic mass is 32.2. The van der Waals surface area contributed by atoms with Gasteiger partial charge in [-0.25, -0.2) is 4.68 Å². The summed E-state index contributed by atoms with van der Waals surface area (Å²) in [4.78, 5) is 37.5. The molecule has 1 fully saturated rings. The molecule has 168 valence electrons. The Morgan fingerprint density at radius 2 is 1.61 bits per heavy atom.